The van der Waals surface area contributed by atoms with Crippen LogP contribution in [-0.2, 0) is 4.79 Å². The molecule has 18 heavy (non-hydrogen) atoms. The van der Waals surface area contributed by atoms with Crippen LogP contribution in [0.2, 0.25) is 0 Å². The highest BCUT2D eigenvalue weighted by Crippen LogP contribution is 2.25. The predicted molar refractivity (Wildman–Crippen MR) is 71.6 cm³/mol. The molecule has 2 N–H and O–H groups in total. The van der Waals surface area contributed by atoms with E-state index in [1.54, 1.807) is 4.90 Å². The van der Waals surface area contributed by atoms with Gasteiger partial charge in [-0.15, -0.1) is 0 Å². The van der Waals surface area contributed by atoms with E-state index in [0.717, 1.165) is 6.42 Å². The Morgan fingerprint density at radius 2 is 1.72 bits per heavy atom. The summed E-state index contributed by atoms with van der Waals surface area (Å²) in [4.78, 5) is 23.9. The molecule has 0 aromatic carbocycles. The van der Waals surface area contributed by atoms with Crippen LogP contribution in [0.3, 0.4) is 0 Å². The molecule has 0 atom stereocenters. The van der Waals surface area contributed by atoms with Crippen molar-refractivity contribution >= 4 is 12.0 Å². The maximum atomic E-state index is 11.7. The Balaban J connectivity index is 3.94. The van der Waals surface area contributed by atoms with Crippen molar-refractivity contribution in [3.05, 3.63) is 0 Å². The van der Waals surface area contributed by atoms with Crippen LogP contribution < -0.4 is 5.32 Å². The van der Waals surface area contributed by atoms with E-state index in [2.05, 4.69) is 5.32 Å². The van der Waals surface area contributed by atoms with Crippen molar-refractivity contribution in [2.75, 3.05) is 19.6 Å². The second-order valence-corrected chi connectivity index (χ2v) is 5.21. The van der Waals surface area contributed by atoms with Crippen LogP contribution in [-0.4, -0.2) is 41.6 Å². The van der Waals surface area contributed by atoms with Crippen molar-refractivity contribution in [2.45, 2.75) is 47.0 Å². The number of carboxylic acids is 1. The van der Waals surface area contributed by atoms with Gasteiger partial charge in [-0.25, -0.2) is 4.79 Å². The van der Waals surface area contributed by atoms with E-state index in [0.29, 0.717) is 26.1 Å². The zero-order valence-corrected chi connectivity index (χ0v) is 12.0. The minimum atomic E-state index is -0.768. The Hall–Kier alpha value is -1.26. The average molecular weight is 258 g/mol. The zero-order chi connectivity index (χ0) is 14.2. The molecule has 0 heterocycles. The minimum Gasteiger partial charge on any atom is -0.481 e. The van der Waals surface area contributed by atoms with Gasteiger partial charge in [-0.1, -0.05) is 13.8 Å². The summed E-state index contributed by atoms with van der Waals surface area (Å²) < 4.78 is 0. The van der Waals surface area contributed by atoms with Gasteiger partial charge in [0, 0.05) is 26.1 Å². The monoisotopic (exact) mass is 258 g/mol. The first kappa shape index (κ1) is 16.7. The third-order valence-electron chi connectivity index (χ3n) is 3.14. The molecule has 0 aliphatic rings. The van der Waals surface area contributed by atoms with E-state index in [4.69, 9.17) is 5.11 Å². The van der Waals surface area contributed by atoms with Gasteiger partial charge in [0.2, 0.25) is 0 Å². The normalized spacial score (nSPS) is 11.1. The highest BCUT2D eigenvalue weighted by Gasteiger charge is 2.19. The predicted octanol–water partition coefficient (Wildman–Crippen LogP) is 2.32. The Bertz CT molecular complexity index is 273. The fraction of sp³-hybridized carbons (Fsp3) is 0.846. The molecule has 5 heteroatoms. The number of hydrogen-bond donors (Lipinski definition) is 2. The third kappa shape index (κ3) is 7.14. The van der Waals surface area contributed by atoms with E-state index in [-0.39, 0.29) is 17.9 Å². The quantitative estimate of drug-likeness (QED) is 0.702. The van der Waals surface area contributed by atoms with Crippen LogP contribution in [0, 0.1) is 5.41 Å². The number of nitrogens with one attached hydrogen (secondary N) is 1. The molecule has 0 saturated carbocycles. The molecule has 0 rings (SSSR count). The summed E-state index contributed by atoms with van der Waals surface area (Å²) in [6.07, 6.45) is 1.59. The molecule has 0 unspecified atom stereocenters. The lowest BCUT2D eigenvalue weighted by Gasteiger charge is -2.25. The van der Waals surface area contributed by atoms with Crippen molar-refractivity contribution in [1.82, 2.24) is 10.2 Å². The van der Waals surface area contributed by atoms with Gasteiger partial charge in [-0.2, -0.15) is 0 Å². The number of nitrogens with zero attached hydrogens (tertiary/aromatic N) is 1. The number of rotatable bonds is 8. The van der Waals surface area contributed by atoms with Crippen molar-refractivity contribution in [3.8, 4) is 0 Å². The van der Waals surface area contributed by atoms with E-state index in [1.807, 2.05) is 27.7 Å². The summed E-state index contributed by atoms with van der Waals surface area (Å²) in [5.74, 6) is -0.768. The molecule has 0 aliphatic carbocycles. The number of aliphatic carboxylic acids is 1. The first-order valence-corrected chi connectivity index (χ1v) is 6.57. The largest absolute Gasteiger partial charge is 0.481 e. The Labute approximate surface area is 110 Å². The molecule has 0 aliphatic heterocycles. The van der Waals surface area contributed by atoms with E-state index in [9.17, 15) is 9.59 Å². The summed E-state index contributed by atoms with van der Waals surface area (Å²) in [6.45, 7) is 9.93. The lowest BCUT2D eigenvalue weighted by molar-refractivity contribution is -0.137. The SMILES string of the molecule is CCN(CC)C(=O)NCCC(C)(C)CCC(=O)O. The first-order valence-electron chi connectivity index (χ1n) is 6.57. The number of amides is 2. The maximum absolute atomic E-state index is 11.7. The molecule has 0 saturated heterocycles. The molecule has 0 spiro atoms. The van der Waals surface area contributed by atoms with Gasteiger partial charge < -0.3 is 15.3 Å². The molecule has 106 valence electrons. The van der Waals surface area contributed by atoms with Crippen molar-refractivity contribution in [3.63, 3.8) is 0 Å². The molecule has 2 amide bonds. The Morgan fingerprint density at radius 1 is 1.17 bits per heavy atom. The molecular formula is C13H26N2O3. The molecule has 0 aromatic heterocycles. The van der Waals surface area contributed by atoms with Crippen LogP contribution in [0.4, 0.5) is 4.79 Å². The maximum Gasteiger partial charge on any atom is 0.317 e. The van der Waals surface area contributed by atoms with Gasteiger partial charge in [0.25, 0.3) is 0 Å². The van der Waals surface area contributed by atoms with Crippen LogP contribution in [0.1, 0.15) is 47.0 Å². The molecular weight excluding hydrogens is 232 g/mol. The lowest BCUT2D eigenvalue weighted by Crippen LogP contribution is -2.40. The van der Waals surface area contributed by atoms with Gasteiger partial charge in [-0.3, -0.25) is 4.79 Å². The summed E-state index contributed by atoms with van der Waals surface area (Å²) in [6, 6.07) is -0.0472. The van der Waals surface area contributed by atoms with Crippen molar-refractivity contribution in [1.29, 1.82) is 0 Å². The summed E-state index contributed by atoms with van der Waals surface area (Å²) in [7, 11) is 0. The number of carbonyl (C=O) groups excluding carboxylic acids is 1. The standard InChI is InChI=1S/C13H26N2O3/c1-5-15(6-2)12(18)14-10-9-13(3,4)8-7-11(16)17/h5-10H2,1-4H3,(H,14,18)(H,16,17). The fourth-order valence-electron chi connectivity index (χ4n) is 1.70. The smallest absolute Gasteiger partial charge is 0.317 e. The van der Waals surface area contributed by atoms with Crippen LogP contribution in [0.5, 0.6) is 0 Å². The number of hydrogen-bond acceptors (Lipinski definition) is 2. The van der Waals surface area contributed by atoms with Crippen molar-refractivity contribution < 1.29 is 14.7 Å². The van der Waals surface area contributed by atoms with Gasteiger partial charge in [-0.05, 0) is 32.1 Å². The van der Waals surface area contributed by atoms with Gasteiger partial charge in [0.05, 0.1) is 0 Å². The molecule has 5 nitrogen and oxygen atoms in total. The molecule has 0 aromatic rings. The summed E-state index contributed by atoms with van der Waals surface area (Å²) >= 11 is 0. The van der Waals surface area contributed by atoms with Gasteiger partial charge in [0.15, 0.2) is 0 Å². The van der Waals surface area contributed by atoms with Gasteiger partial charge in [0.1, 0.15) is 0 Å². The zero-order valence-electron chi connectivity index (χ0n) is 12.0. The topological polar surface area (TPSA) is 69.6 Å². The molecule has 0 bridgehead atoms. The first-order chi connectivity index (χ1) is 8.32. The number of urea groups is 1. The lowest BCUT2D eigenvalue weighted by atomic mass is 9.84. The number of carboxylic acid groups (broad SMARTS) is 1. The highest BCUT2D eigenvalue weighted by molar-refractivity contribution is 5.74. The second-order valence-electron chi connectivity index (χ2n) is 5.21. The Kier molecular flexibility index (Phi) is 7.39. The van der Waals surface area contributed by atoms with Crippen LogP contribution >= 0.6 is 0 Å². The van der Waals surface area contributed by atoms with E-state index >= 15 is 0 Å². The third-order valence-corrected chi connectivity index (χ3v) is 3.14. The van der Waals surface area contributed by atoms with E-state index < -0.39 is 5.97 Å². The highest BCUT2D eigenvalue weighted by atomic mass is 16.4. The fourth-order valence-corrected chi connectivity index (χ4v) is 1.70. The second kappa shape index (κ2) is 7.95. The summed E-state index contributed by atoms with van der Waals surface area (Å²) in [5, 5.41) is 11.5. The van der Waals surface area contributed by atoms with Crippen molar-refractivity contribution in [2.24, 2.45) is 5.41 Å². The Morgan fingerprint density at radius 3 is 2.17 bits per heavy atom. The molecule has 0 fully saturated rings. The minimum absolute atomic E-state index is 0.0472. The molecule has 0 radical (unpaired) electrons. The van der Waals surface area contributed by atoms with Crippen LogP contribution in [0.25, 0.3) is 0 Å². The van der Waals surface area contributed by atoms with Crippen LogP contribution in [0.15, 0.2) is 0 Å². The average Bonchev–Trinajstić information content (AvgIpc) is 2.28. The van der Waals surface area contributed by atoms with Gasteiger partial charge >= 0.3 is 12.0 Å². The summed E-state index contributed by atoms with van der Waals surface area (Å²) in [5.41, 5.74) is -0.0606. The number of carbonyl (C=O) groups is 2. The van der Waals surface area contributed by atoms with E-state index in [1.165, 1.54) is 0 Å².